The van der Waals surface area contributed by atoms with Crippen molar-refractivity contribution in [1.82, 2.24) is 0 Å². The summed E-state index contributed by atoms with van der Waals surface area (Å²) in [6.07, 6.45) is 4.26. The number of hydrogen-bond donors (Lipinski definition) is 0. The number of anilines is 1. The van der Waals surface area contributed by atoms with Crippen molar-refractivity contribution in [2.24, 2.45) is 0 Å². The van der Waals surface area contributed by atoms with Crippen molar-refractivity contribution in [3.05, 3.63) is 33.9 Å². The fourth-order valence-corrected chi connectivity index (χ4v) is 2.05. The maximum atomic E-state index is 10.8. The molecule has 5 nitrogen and oxygen atoms in total. The summed E-state index contributed by atoms with van der Waals surface area (Å²) < 4.78 is 0. The van der Waals surface area contributed by atoms with Gasteiger partial charge in [0.15, 0.2) is 0 Å². The zero-order chi connectivity index (χ0) is 15.0. The number of nitro groups is 1. The van der Waals surface area contributed by atoms with Crippen molar-refractivity contribution in [2.45, 2.75) is 39.5 Å². The van der Waals surface area contributed by atoms with E-state index in [1.54, 1.807) is 6.07 Å². The van der Waals surface area contributed by atoms with E-state index >= 15 is 0 Å². The minimum atomic E-state index is -0.465. The smallest absolute Gasteiger partial charge is 0.270 e. The molecule has 20 heavy (non-hydrogen) atoms. The summed E-state index contributed by atoms with van der Waals surface area (Å²) in [6.45, 7) is 6.00. The Kier molecular flexibility index (Phi) is 6.51. The van der Waals surface area contributed by atoms with Gasteiger partial charge in [0, 0.05) is 25.2 Å². The molecule has 0 aromatic heterocycles. The quantitative estimate of drug-likeness (QED) is 0.533. The Morgan fingerprint density at radius 2 is 1.85 bits per heavy atom. The van der Waals surface area contributed by atoms with Crippen LogP contribution in [0.15, 0.2) is 18.2 Å². The van der Waals surface area contributed by atoms with Crippen LogP contribution >= 0.6 is 0 Å². The predicted octanol–water partition coefficient (Wildman–Crippen LogP) is 3.87. The molecule has 0 heterocycles. The van der Waals surface area contributed by atoms with Crippen LogP contribution in [-0.2, 0) is 0 Å². The van der Waals surface area contributed by atoms with Crippen LogP contribution < -0.4 is 4.90 Å². The van der Waals surface area contributed by atoms with Crippen LogP contribution in [0.3, 0.4) is 0 Å². The van der Waals surface area contributed by atoms with Crippen LogP contribution in [0.1, 0.15) is 45.1 Å². The first-order chi connectivity index (χ1) is 9.63. The van der Waals surface area contributed by atoms with Crippen molar-refractivity contribution in [1.29, 1.82) is 5.26 Å². The summed E-state index contributed by atoms with van der Waals surface area (Å²) in [6, 6.07) is 6.61. The normalized spacial score (nSPS) is 10.1. The monoisotopic (exact) mass is 275 g/mol. The Labute approximate surface area is 120 Å². The lowest BCUT2D eigenvalue weighted by Gasteiger charge is -2.25. The summed E-state index contributed by atoms with van der Waals surface area (Å²) >= 11 is 0. The summed E-state index contributed by atoms with van der Waals surface area (Å²) in [5.74, 6) is 0. The molecular formula is C15H21N3O2. The molecule has 0 saturated carbocycles. The van der Waals surface area contributed by atoms with Gasteiger partial charge >= 0.3 is 0 Å². The van der Waals surface area contributed by atoms with Crippen molar-refractivity contribution in [2.75, 3.05) is 18.0 Å². The second-order valence-electron chi connectivity index (χ2n) is 4.76. The second-order valence-corrected chi connectivity index (χ2v) is 4.76. The van der Waals surface area contributed by atoms with Gasteiger partial charge in [-0.1, -0.05) is 26.7 Å². The summed E-state index contributed by atoms with van der Waals surface area (Å²) in [5.41, 5.74) is 1.16. The SMILES string of the molecule is CCCCN(CCCC)c1ccc([N+](=O)[O-])cc1C#N. The van der Waals surface area contributed by atoms with Gasteiger partial charge in [-0.25, -0.2) is 0 Å². The summed E-state index contributed by atoms with van der Waals surface area (Å²) in [7, 11) is 0. The third-order valence-electron chi connectivity index (χ3n) is 3.22. The Morgan fingerprint density at radius 1 is 1.25 bits per heavy atom. The van der Waals surface area contributed by atoms with Gasteiger partial charge in [0.2, 0.25) is 0 Å². The highest BCUT2D eigenvalue weighted by molar-refractivity contribution is 5.62. The number of rotatable bonds is 8. The first-order valence-corrected chi connectivity index (χ1v) is 7.07. The molecule has 0 fully saturated rings. The minimum Gasteiger partial charge on any atom is -0.370 e. The molecule has 0 aliphatic heterocycles. The van der Waals surface area contributed by atoms with E-state index in [4.69, 9.17) is 0 Å². The molecule has 0 saturated heterocycles. The van der Waals surface area contributed by atoms with Crippen LogP contribution in [0.5, 0.6) is 0 Å². The molecule has 1 rings (SSSR count). The fourth-order valence-electron chi connectivity index (χ4n) is 2.05. The van der Waals surface area contributed by atoms with Crippen LogP contribution in [-0.4, -0.2) is 18.0 Å². The van der Waals surface area contributed by atoms with Gasteiger partial charge in [0.1, 0.15) is 6.07 Å². The van der Waals surface area contributed by atoms with Crippen molar-refractivity contribution < 1.29 is 4.92 Å². The average Bonchev–Trinajstić information content (AvgIpc) is 2.47. The third-order valence-corrected chi connectivity index (χ3v) is 3.22. The largest absolute Gasteiger partial charge is 0.370 e. The zero-order valence-corrected chi connectivity index (χ0v) is 12.1. The molecule has 0 atom stereocenters. The number of nitriles is 1. The Balaban J connectivity index is 3.05. The van der Waals surface area contributed by atoms with Crippen LogP contribution in [0.25, 0.3) is 0 Å². The number of hydrogen-bond acceptors (Lipinski definition) is 4. The van der Waals surface area contributed by atoms with E-state index in [0.29, 0.717) is 5.56 Å². The standard InChI is InChI=1S/C15H21N3O2/c1-3-5-9-17(10-6-4-2)15-8-7-14(18(19)20)11-13(15)12-16/h7-8,11H,3-6,9-10H2,1-2H3. The Hall–Kier alpha value is -2.09. The molecular weight excluding hydrogens is 254 g/mol. The summed E-state index contributed by atoms with van der Waals surface area (Å²) in [4.78, 5) is 12.5. The molecule has 0 bridgehead atoms. The highest BCUT2D eigenvalue weighted by Crippen LogP contribution is 2.25. The third kappa shape index (κ3) is 4.23. The number of unbranched alkanes of at least 4 members (excludes halogenated alkanes) is 2. The van der Waals surface area contributed by atoms with E-state index in [9.17, 15) is 15.4 Å². The van der Waals surface area contributed by atoms with E-state index in [1.807, 2.05) is 0 Å². The lowest BCUT2D eigenvalue weighted by Crippen LogP contribution is -2.26. The van der Waals surface area contributed by atoms with Gasteiger partial charge in [0.25, 0.3) is 5.69 Å². The van der Waals surface area contributed by atoms with Gasteiger partial charge in [-0.05, 0) is 18.9 Å². The van der Waals surface area contributed by atoms with Gasteiger partial charge in [-0.2, -0.15) is 5.26 Å². The Bertz CT molecular complexity index is 486. The molecule has 0 aliphatic rings. The van der Waals surface area contributed by atoms with E-state index in [0.717, 1.165) is 44.5 Å². The Morgan fingerprint density at radius 3 is 2.30 bits per heavy atom. The lowest BCUT2D eigenvalue weighted by molar-refractivity contribution is -0.384. The van der Waals surface area contributed by atoms with Crippen molar-refractivity contribution in [3.63, 3.8) is 0 Å². The molecule has 0 N–H and O–H groups in total. The van der Waals surface area contributed by atoms with Crippen LogP contribution in [0, 0.1) is 21.4 Å². The molecule has 1 aromatic rings. The molecule has 1 aromatic carbocycles. The molecule has 0 radical (unpaired) electrons. The van der Waals surface area contributed by atoms with Gasteiger partial charge in [-0.3, -0.25) is 10.1 Å². The summed E-state index contributed by atoms with van der Waals surface area (Å²) in [5, 5.41) is 20.0. The zero-order valence-electron chi connectivity index (χ0n) is 12.1. The lowest BCUT2D eigenvalue weighted by atomic mass is 10.1. The minimum absolute atomic E-state index is 0.0313. The second kappa shape index (κ2) is 8.16. The fraction of sp³-hybridized carbons (Fsp3) is 0.533. The molecule has 0 amide bonds. The van der Waals surface area contributed by atoms with Crippen molar-refractivity contribution in [3.8, 4) is 6.07 Å². The van der Waals surface area contributed by atoms with E-state index < -0.39 is 4.92 Å². The van der Waals surface area contributed by atoms with Crippen molar-refractivity contribution >= 4 is 11.4 Å². The molecule has 0 unspecified atom stereocenters. The van der Waals surface area contributed by atoms with Crippen LogP contribution in [0.2, 0.25) is 0 Å². The molecule has 0 spiro atoms. The van der Waals surface area contributed by atoms with E-state index in [1.165, 1.54) is 12.1 Å². The van der Waals surface area contributed by atoms with E-state index in [2.05, 4.69) is 24.8 Å². The van der Waals surface area contributed by atoms with E-state index in [-0.39, 0.29) is 5.69 Å². The van der Waals surface area contributed by atoms with Crippen LogP contribution in [0.4, 0.5) is 11.4 Å². The highest BCUT2D eigenvalue weighted by atomic mass is 16.6. The number of nitrogens with zero attached hydrogens (tertiary/aromatic N) is 3. The first kappa shape index (κ1) is 16.0. The number of benzene rings is 1. The van der Waals surface area contributed by atoms with Gasteiger partial charge < -0.3 is 4.90 Å². The maximum absolute atomic E-state index is 10.8. The first-order valence-electron chi connectivity index (χ1n) is 7.07. The highest BCUT2D eigenvalue weighted by Gasteiger charge is 2.15. The molecule has 5 heteroatoms. The topological polar surface area (TPSA) is 70.2 Å². The number of nitro benzene ring substituents is 1. The predicted molar refractivity (Wildman–Crippen MR) is 79.8 cm³/mol. The van der Waals surface area contributed by atoms with Gasteiger partial charge in [0.05, 0.1) is 16.2 Å². The molecule has 108 valence electrons. The van der Waals surface area contributed by atoms with Gasteiger partial charge in [-0.15, -0.1) is 0 Å². The average molecular weight is 275 g/mol. The maximum Gasteiger partial charge on any atom is 0.270 e. The molecule has 0 aliphatic carbocycles. The number of non-ortho nitro benzene ring substituents is 1.